The molecule has 6 heteroatoms. The van der Waals surface area contributed by atoms with Crippen LogP contribution in [0.5, 0.6) is 0 Å². The van der Waals surface area contributed by atoms with Crippen LogP contribution in [-0.2, 0) is 6.18 Å². The standard InChI is InChI=1S/C12H14F3NO2/c1-8(17)7-16(2)11(18)9-4-3-5-10(6-9)12(13,14)15/h3-6,8,17H,7H2,1-2H3. The van der Waals surface area contributed by atoms with Gasteiger partial charge in [0.25, 0.3) is 5.91 Å². The van der Waals surface area contributed by atoms with Gasteiger partial charge in [0.1, 0.15) is 0 Å². The van der Waals surface area contributed by atoms with Gasteiger partial charge in [-0.05, 0) is 25.1 Å². The lowest BCUT2D eigenvalue weighted by atomic mass is 10.1. The third-order valence-corrected chi connectivity index (χ3v) is 2.32. The lowest BCUT2D eigenvalue weighted by Crippen LogP contribution is -2.33. The number of carbonyl (C=O) groups excluding carboxylic acids is 1. The molecule has 1 atom stereocenters. The molecule has 0 heterocycles. The number of rotatable bonds is 3. The average Bonchev–Trinajstić information content (AvgIpc) is 2.26. The third-order valence-electron chi connectivity index (χ3n) is 2.32. The van der Waals surface area contributed by atoms with Crippen molar-refractivity contribution in [2.45, 2.75) is 19.2 Å². The van der Waals surface area contributed by atoms with Gasteiger partial charge in [-0.2, -0.15) is 13.2 Å². The summed E-state index contributed by atoms with van der Waals surface area (Å²) in [5.41, 5.74) is -0.910. The monoisotopic (exact) mass is 261 g/mol. The van der Waals surface area contributed by atoms with Crippen LogP contribution in [0, 0.1) is 0 Å². The molecule has 0 fully saturated rings. The Balaban J connectivity index is 2.93. The minimum absolute atomic E-state index is 0.0482. The molecular weight excluding hydrogens is 247 g/mol. The van der Waals surface area contributed by atoms with E-state index in [0.29, 0.717) is 0 Å². The molecule has 0 saturated carbocycles. The molecule has 1 aromatic rings. The molecule has 1 amide bonds. The van der Waals surface area contributed by atoms with Crippen LogP contribution in [0.1, 0.15) is 22.8 Å². The summed E-state index contributed by atoms with van der Waals surface area (Å²) >= 11 is 0. The van der Waals surface area contributed by atoms with Crippen LogP contribution in [0.2, 0.25) is 0 Å². The van der Waals surface area contributed by atoms with Gasteiger partial charge in [-0.25, -0.2) is 0 Å². The van der Waals surface area contributed by atoms with E-state index in [4.69, 9.17) is 5.11 Å². The van der Waals surface area contributed by atoms with Gasteiger partial charge in [0, 0.05) is 19.2 Å². The number of benzene rings is 1. The SMILES string of the molecule is CC(O)CN(C)C(=O)c1cccc(C(F)(F)F)c1. The van der Waals surface area contributed by atoms with Crippen molar-refractivity contribution in [1.29, 1.82) is 0 Å². The van der Waals surface area contributed by atoms with E-state index in [1.165, 1.54) is 31.0 Å². The van der Waals surface area contributed by atoms with E-state index in [1.54, 1.807) is 0 Å². The zero-order valence-corrected chi connectivity index (χ0v) is 10.0. The topological polar surface area (TPSA) is 40.5 Å². The first-order valence-corrected chi connectivity index (χ1v) is 5.32. The van der Waals surface area contributed by atoms with Crippen LogP contribution in [0.25, 0.3) is 0 Å². The van der Waals surface area contributed by atoms with Crippen LogP contribution in [-0.4, -0.2) is 35.6 Å². The van der Waals surface area contributed by atoms with E-state index >= 15 is 0 Å². The van der Waals surface area contributed by atoms with Gasteiger partial charge in [0.2, 0.25) is 0 Å². The molecule has 1 unspecified atom stereocenters. The Bertz CT molecular complexity index is 430. The lowest BCUT2D eigenvalue weighted by molar-refractivity contribution is -0.137. The molecule has 0 aliphatic heterocycles. The van der Waals surface area contributed by atoms with Crippen molar-refractivity contribution in [2.24, 2.45) is 0 Å². The maximum atomic E-state index is 12.5. The van der Waals surface area contributed by atoms with E-state index in [2.05, 4.69) is 0 Å². The molecule has 0 radical (unpaired) electrons. The molecule has 0 aliphatic rings. The van der Waals surface area contributed by atoms with Crippen LogP contribution in [0.4, 0.5) is 13.2 Å². The first-order chi connectivity index (χ1) is 8.21. The molecule has 1 rings (SSSR count). The summed E-state index contributed by atoms with van der Waals surface area (Å²) < 4.78 is 37.4. The second-order valence-electron chi connectivity index (χ2n) is 4.11. The van der Waals surface area contributed by atoms with Gasteiger partial charge >= 0.3 is 6.18 Å². The van der Waals surface area contributed by atoms with Crippen LogP contribution in [0.3, 0.4) is 0 Å². The Morgan fingerprint density at radius 1 is 1.44 bits per heavy atom. The van der Waals surface area contributed by atoms with Crippen molar-refractivity contribution in [3.8, 4) is 0 Å². The second-order valence-corrected chi connectivity index (χ2v) is 4.11. The number of alkyl halides is 3. The summed E-state index contributed by atoms with van der Waals surface area (Å²) in [7, 11) is 1.43. The van der Waals surface area contributed by atoms with Gasteiger partial charge in [-0.15, -0.1) is 0 Å². The van der Waals surface area contributed by atoms with Crippen molar-refractivity contribution < 1.29 is 23.1 Å². The molecular formula is C12H14F3NO2. The molecule has 1 N–H and O–H groups in total. The molecule has 1 aromatic carbocycles. The number of nitrogens with zero attached hydrogens (tertiary/aromatic N) is 1. The number of hydrogen-bond donors (Lipinski definition) is 1. The van der Waals surface area contributed by atoms with Gasteiger partial charge in [0.05, 0.1) is 11.7 Å². The Morgan fingerprint density at radius 2 is 2.06 bits per heavy atom. The highest BCUT2D eigenvalue weighted by Crippen LogP contribution is 2.29. The number of halogens is 3. The van der Waals surface area contributed by atoms with Gasteiger partial charge in [0.15, 0.2) is 0 Å². The number of carbonyl (C=O) groups is 1. The van der Waals surface area contributed by atoms with Crippen LogP contribution >= 0.6 is 0 Å². The maximum Gasteiger partial charge on any atom is 0.416 e. The summed E-state index contributed by atoms with van der Waals surface area (Å²) in [5, 5.41) is 9.13. The summed E-state index contributed by atoms with van der Waals surface area (Å²) in [6.07, 6.45) is -5.20. The zero-order chi connectivity index (χ0) is 13.9. The summed E-state index contributed by atoms with van der Waals surface area (Å²) in [6, 6.07) is 4.22. The molecule has 100 valence electrons. The van der Waals surface area contributed by atoms with Gasteiger partial charge in [-0.1, -0.05) is 6.07 Å². The molecule has 0 saturated heterocycles. The van der Waals surface area contributed by atoms with Crippen LogP contribution < -0.4 is 0 Å². The first kappa shape index (κ1) is 14.5. The lowest BCUT2D eigenvalue weighted by Gasteiger charge is -2.19. The van der Waals surface area contributed by atoms with E-state index < -0.39 is 23.8 Å². The normalized spacial score (nSPS) is 13.2. The summed E-state index contributed by atoms with van der Waals surface area (Å²) in [4.78, 5) is 13.0. The highest BCUT2D eigenvalue weighted by atomic mass is 19.4. The van der Waals surface area contributed by atoms with Crippen molar-refractivity contribution in [2.75, 3.05) is 13.6 Å². The molecule has 0 spiro atoms. The maximum absolute atomic E-state index is 12.5. The summed E-state index contributed by atoms with van der Waals surface area (Å²) in [5.74, 6) is -0.554. The smallest absolute Gasteiger partial charge is 0.392 e. The molecule has 0 bridgehead atoms. The van der Waals surface area contributed by atoms with Crippen molar-refractivity contribution >= 4 is 5.91 Å². The fourth-order valence-corrected chi connectivity index (χ4v) is 1.53. The fourth-order valence-electron chi connectivity index (χ4n) is 1.53. The van der Waals surface area contributed by atoms with Gasteiger partial charge < -0.3 is 10.0 Å². The highest BCUT2D eigenvalue weighted by molar-refractivity contribution is 5.94. The molecule has 18 heavy (non-hydrogen) atoms. The Kier molecular flexibility index (Phi) is 4.34. The van der Waals surface area contributed by atoms with Crippen molar-refractivity contribution in [3.63, 3.8) is 0 Å². The number of likely N-dealkylation sites (N-methyl/N-ethyl adjacent to an activating group) is 1. The molecule has 0 aliphatic carbocycles. The molecule has 0 aromatic heterocycles. The predicted octanol–water partition coefficient (Wildman–Crippen LogP) is 2.16. The van der Waals surface area contributed by atoms with Gasteiger partial charge in [-0.3, -0.25) is 4.79 Å². The number of aliphatic hydroxyl groups is 1. The van der Waals surface area contributed by atoms with E-state index in [1.807, 2.05) is 0 Å². The first-order valence-electron chi connectivity index (χ1n) is 5.32. The van der Waals surface area contributed by atoms with Crippen LogP contribution in [0.15, 0.2) is 24.3 Å². The molecule has 3 nitrogen and oxygen atoms in total. The second kappa shape index (κ2) is 5.39. The van der Waals surface area contributed by atoms with Crippen molar-refractivity contribution in [3.05, 3.63) is 35.4 Å². The number of hydrogen-bond acceptors (Lipinski definition) is 2. The fraction of sp³-hybridized carbons (Fsp3) is 0.417. The third kappa shape index (κ3) is 3.73. The van der Waals surface area contributed by atoms with E-state index in [0.717, 1.165) is 12.1 Å². The Morgan fingerprint density at radius 3 is 2.56 bits per heavy atom. The minimum Gasteiger partial charge on any atom is -0.392 e. The average molecular weight is 261 g/mol. The summed E-state index contributed by atoms with van der Waals surface area (Å²) in [6.45, 7) is 1.56. The largest absolute Gasteiger partial charge is 0.416 e. The van der Waals surface area contributed by atoms with E-state index in [9.17, 15) is 18.0 Å². The predicted molar refractivity (Wildman–Crippen MR) is 60.1 cm³/mol. The van der Waals surface area contributed by atoms with Crippen molar-refractivity contribution in [1.82, 2.24) is 4.90 Å². The highest BCUT2D eigenvalue weighted by Gasteiger charge is 2.31. The Hall–Kier alpha value is -1.56. The Labute approximate surface area is 103 Å². The zero-order valence-electron chi connectivity index (χ0n) is 10.0. The minimum atomic E-state index is -4.47. The van der Waals surface area contributed by atoms with E-state index in [-0.39, 0.29) is 12.1 Å². The quantitative estimate of drug-likeness (QED) is 0.905. The number of amides is 1. The number of aliphatic hydroxyl groups excluding tert-OH is 1.